The number of amides is 2. The van der Waals surface area contributed by atoms with E-state index in [1.165, 1.54) is 0 Å². The molecule has 148 valence electrons. The van der Waals surface area contributed by atoms with E-state index in [1.54, 1.807) is 0 Å². The molecule has 0 aromatic rings. The van der Waals surface area contributed by atoms with E-state index in [-0.39, 0.29) is 24.4 Å². The fourth-order valence-corrected chi connectivity index (χ4v) is 4.22. The van der Waals surface area contributed by atoms with E-state index < -0.39 is 0 Å². The molecule has 6 nitrogen and oxygen atoms in total. The fraction of sp³-hybridized carbons (Fsp3) is 0.947. The lowest BCUT2D eigenvalue weighted by atomic mass is 9.67. The van der Waals surface area contributed by atoms with Crippen LogP contribution in [0, 0.1) is 0 Å². The Morgan fingerprint density at radius 1 is 0.885 bits per heavy atom. The molecule has 3 fully saturated rings. The topological polar surface area (TPSA) is 45.2 Å². The van der Waals surface area contributed by atoms with Crippen LogP contribution in [0.25, 0.3) is 0 Å². The van der Waals surface area contributed by atoms with Crippen molar-refractivity contribution in [2.24, 2.45) is 0 Å². The molecule has 0 N–H and O–H groups in total. The first-order valence-corrected chi connectivity index (χ1v) is 10.2. The molecular weight excluding hydrogens is 329 g/mol. The summed E-state index contributed by atoms with van der Waals surface area (Å²) in [6.07, 6.45) is 4.06. The SMILES string of the molecule is CN(C)C1CCN(C(=O)N2CCC(B3OC(C)(C)C(C)(C)O3)CC2)CC1. The van der Waals surface area contributed by atoms with Crippen molar-refractivity contribution in [1.82, 2.24) is 14.7 Å². The van der Waals surface area contributed by atoms with E-state index in [0.717, 1.165) is 51.9 Å². The largest absolute Gasteiger partial charge is 0.461 e. The Hall–Kier alpha value is -0.785. The minimum Gasteiger partial charge on any atom is -0.403 e. The summed E-state index contributed by atoms with van der Waals surface area (Å²) in [5.41, 5.74) is -0.553. The highest BCUT2D eigenvalue weighted by molar-refractivity contribution is 6.47. The first-order chi connectivity index (χ1) is 12.1. The molecule has 0 radical (unpaired) electrons. The summed E-state index contributed by atoms with van der Waals surface area (Å²) in [4.78, 5) is 19.2. The molecule has 0 unspecified atom stereocenters. The molecule has 26 heavy (non-hydrogen) atoms. The molecule has 0 spiro atoms. The molecule has 2 amide bonds. The van der Waals surface area contributed by atoms with E-state index in [2.05, 4.69) is 46.7 Å². The zero-order valence-electron chi connectivity index (χ0n) is 17.5. The van der Waals surface area contributed by atoms with Crippen LogP contribution in [0.2, 0.25) is 5.82 Å². The Morgan fingerprint density at radius 3 is 1.73 bits per heavy atom. The number of rotatable bonds is 2. The van der Waals surface area contributed by atoms with E-state index in [0.29, 0.717) is 11.9 Å². The zero-order chi connectivity index (χ0) is 19.1. The Kier molecular flexibility index (Phi) is 5.62. The zero-order valence-corrected chi connectivity index (χ0v) is 17.5. The van der Waals surface area contributed by atoms with Gasteiger partial charge in [-0.25, -0.2) is 4.79 Å². The predicted molar refractivity (Wildman–Crippen MR) is 104 cm³/mol. The highest BCUT2D eigenvalue weighted by Crippen LogP contribution is 2.42. The summed E-state index contributed by atoms with van der Waals surface area (Å²) in [5, 5.41) is 0. The fourth-order valence-electron chi connectivity index (χ4n) is 4.22. The van der Waals surface area contributed by atoms with Gasteiger partial charge in [-0.1, -0.05) is 0 Å². The second kappa shape index (κ2) is 7.32. The number of carbonyl (C=O) groups excluding carboxylic acids is 1. The van der Waals surface area contributed by atoms with Crippen molar-refractivity contribution in [2.75, 3.05) is 40.3 Å². The molecule has 0 atom stereocenters. The molecule has 0 aliphatic carbocycles. The molecule has 3 aliphatic rings. The first-order valence-electron chi connectivity index (χ1n) is 10.2. The van der Waals surface area contributed by atoms with Crippen LogP contribution in [0.15, 0.2) is 0 Å². The predicted octanol–water partition coefficient (Wildman–Crippen LogP) is 2.69. The summed E-state index contributed by atoms with van der Waals surface area (Å²) < 4.78 is 12.4. The van der Waals surface area contributed by atoms with Crippen LogP contribution in [-0.2, 0) is 9.31 Å². The van der Waals surface area contributed by atoms with Gasteiger partial charge in [-0.2, -0.15) is 0 Å². The highest BCUT2D eigenvalue weighted by atomic mass is 16.7. The van der Waals surface area contributed by atoms with Gasteiger partial charge in [0.05, 0.1) is 11.2 Å². The molecular formula is C19H36BN3O3. The van der Waals surface area contributed by atoms with Crippen molar-refractivity contribution in [1.29, 1.82) is 0 Å². The number of hydrogen-bond donors (Lipinski definition) is 0. The van der Waals surface area contributed by atoms with Crippen LogP contribution in [-0.4, -0.2) is 85.4 Å². The van der Waals surface area contributed by atoms with Gasteiger partial charge in [0.15, 0.2) is 0 Å². The van der Waals surface area contributed by atoms with Gasteiger partial charge in [0, 0.05) is 32.2 Å². The summed E-state index contributed by atoms with van der Waals surface area (Å²) in [7, 11) is 4.11. The third kappa shape index (κ3) is 3.90. The first kappa shape index (κ1) is 20.0. The second-order valence-electron chi connectivity index (χ2n) is 9.41. The Morgan fingerprint density at radius 2 is 1.31 bits per heavy atom. The van der Waals surface area contributed by atoms with E-state index in [1.807, 2.05) is 9.80 Å². The van der Waals surface area contributed by atoms with Gasteiger partial charge >= 0.3 is 13.1 Å². The lowest BCUT2D eigenvalue weighted by Gasteiger charge is -2.40. The van der Waals surface area contributed by atoms with Gasteiger partial charge in [-0.3, -0.25) is 0 Å². The Labute approximate surface area is 159 Å². The van der Waals surface area contributed by atoms with Crippen molar-refractivity contribution in [3.63, 3.8) is 0 Å². The number of urea groups is 1. The summed E-state index contributed by atoms with van der Waals surface area (Å²) in [6, 6.07) is 0.822. The average Bonchev–Trinajstić information content (AvgIpc) is 2.82. The molecule has 7 heteroatoms. The van der Waals surface area contributed by atoms with Gasteiger partial charge in [0.1, 0.15) is 0 Å². The molecule has 0 aromatic heterocycles. The van der Waals surface area contributed by atoms with Crippen molar-refractivity contribution in [3.8, 4) is 0 Å². The maximum absolute atomic E-state index is 12.8. The van der Waals surface area contributed by atoms with Crippen molar-refractivity contribution in [3.05, 3.63) is 0 Å². The third-order valence-electron chi connectivity index (χ3n) is 6.93. The quantitative estimate of drug-likeness (QED) is 0.706. The van der Waals surface area contributed by atoms with Crippen LogP contribution >= 0.6 is 0 Å². The maximum atomic E-state index is 12.8. The van der Waals surface area contributed by atoms with Crippen molar-refractivity contribution >= 4 is 13.1 Å². The van der Waals surface area contributed by atoms with Gasteiger partial charge in [-0.15, -0.1) is 0 Å². The minimum absolute atomic E-state index is 0.145. The van der Waals surface area contributed by atoms with E-state index in [9.17, 15) is 4.79 Å². The highest BCUT2D eigenvalue weighted by Gasteiger charge is 2.54. The van der Waals surface area contributed by atoms with Gasteiger partial charge in [-0.05, 0) is 73.3 Å². The molecule has 3 heterocycles. The van der Waals surface area contributed by atoms with Gasteiger partial charge in [0.2, 0.25) is 0 Å². The molecule has 0 saturated carbocycles. The van der Waals surface area contributed by atoms with Gasteiger partial charge in [0.25, 0.3) is 0 Å². The summed E-state index contributed by atoms with van der Waals surface area (Å²) in [6.45, 7) is 11.8. The average molecular weight is 365 g/mol. The monoisotopic (exact) mass is 365 g/mol. The number of nitrogens with zero attached hydrogens (tertiary/aromatic N) is 3. The molecule has 3 aliphatic heterocycles. The number of hydrogen-bond acceptors (Lipinski definition) is 4. The molecule has 0 bridgehead atoms. The maximum Gasteiger partial charge on any atom is 0.461 e. The Bertz CT molecular complexity index is 494. The van der Waals surface area contributed by atoms with Gasteiger partial charge < -0.3 is 24.0 Å². The minimum atomic E-state index is -0.276. The van der Waals surface area contributed by atoms with E-state index in [4.69, 9.17) is 9.31 Å². The lowest BCUT2D eigenvalue weighted by molar-refractivity contribution is 0.00578. The second-order valence-corrected chi connectivity index (χ2v) is 9.41. The Balaban J connectivity index is 1.48. The number of carbonyl (C=O) groups is 1. The van der Waals surface area contributed by atoms with Crippen LogP contribution in [0.5, 0.6) is 0 Å². The normalized spacial score (nSPS) is 27.4. The van der Waals surface area contributed by atoms with Crippen molar-refractivity contribution < 1.29 is 14.1 Å². The summed E-state index contributed by atoms with van der Waals surface area (Å²) >= 11 is 0. The molecule has 0 aromatic carbocycles. The smallest absolute Gasteiger partial charge is 0.403 e. The number of likely N-dealkylation sites (tertiary alicyclic amines) is 2. The van der Waals surface area contributed by atoms with Crippen LogP contribution in [0.4, 0.5) is 4.79 Å². The molecule has 3 rings (SSSR count). The number of piperidine rings is 2. The molecule has 3 saturated heterocycles. The third-order valence-corrected chi connectivity index (χ3v) is 6.93. The summed E-state index contributed by atoms with van der Waals surface area (Å²) in [5.74, 6) is 0.375. The van der Waals surface area contributed by atoms with Crippen molar-refractivity contribution in [2.45, 2.75) is 76.4 Å². The van der Waals surface area contributed by atoms with Crippen LogP contribution in [0.1, 0.15) is 53.4 Å². The van der Waals surface area contributed by atoms with Crippen LogP contribution < -0.4 is 0 Å². The standard InChI is InChI=1S/C19H36BN3O3/c1-18(2)19(3,4)26-20(25-18)15-7-11-22(12-8-15)17(24)23-13-9-16(10-14-23)21(5)6/h15-16H,7-14H2,1-6H3. The van der Waals surface area contributed by atoms with E-state index >= 15 is 0 Å². The van der Waals surface area contributed by atoms with Crippen LogP contribution in [0.3, 0.4) is 0 Å². The lowest BCUT2D eigenvalue weighted by Crippen LogP contribution is -2.51.